The number of hydrogen-bond donors (Lipinski definition) is 1. The van der Waals surface area contributed by atoms with Gasteiger partial charge in [-0.2, -0.15) is 0 Å². The van der Waals surface area contributed by atoms with E-state index < -0.39 is 91.8 Å². The molecule has 3 fully saturated rings. The molecule has 18 nitrogen and oxygen atoms in total. The molecule has 3 aliphatic heterocycles. The number of amides is 1. The highest BCUT2D eigenvalue weighted by molar-refractivity contribution is 5.82. The highest BCUT2D eigenvalue weighted by atomic mass is 16.8. The number of nitrogens with one attached hydrogen (secondary N) is 1. The predicted octanol–water partition coefficient (Wildman–Crippen LogP) is 11.6. The van der Waals surface area contributed by atoms with Crippen molar-refractivity contribution >= 4 is 12.1 Å². The number of nitrogens with zero attached hydrogens (tertiary/aromatic N) is 3. The Kier molecular flexibility index (Phi) is 20.9. The number of carbonyl (C=O) groups is 2. The fourth-order valence-corrected chi connectivity index (χ4v) is 11.5. The molecule has 1 aliphatic carbocycles. The van der Waals surface area contributed by atoms with E-state index in [1.165, 1.54) is 6.08 Å². The summed E-state index contributed by atoms with van der Waals surface area (Å²) >= 11 is 0. The van der Waals surface area contributed by atoms with Gasteiger partial charge < -0.3 is 62.2 Å². The first-order valence-corrected chi connectivity index (χ1v) is 29.3. The molecule has 450 valence electrons. The van der Waals surface area contributed by atoms with Gasteiger partial charge in [-0.3, -0.25) is 0 Å². The molecule has 7 aromatic rings. The molecule has 0 radical (unpaired) electrons. The summed E-state index contributed by atoms with van der Waals surface area (Å²) in [6, 6.07) is 61.5. The Hall–Kier alpha value is -8.07. The molecule has 3 saturated heterocycles. The van der Waals surface area contributed by atoms with Crippen LogP contribution in [0.25, 0.3) is 21.6 Å². The number of benzene rings is 7. The first-order chi connectivity index (χ1) is 42.8. The second-order valence-electron chi connectivity index (χ2n) is 21.6. The van der Waals surface area contributed by atoms with Gasteiger partial charge in [-0.05, 0) is 57.0 Å². The van der Waals surface area contributed by atoms with Crippen molar-refractivity contribution in [2.75, 3.05) is 26.4 Å². The molecular formula is C69H70N4O14. The number of esters is 1. The normalized spacial score (nSPS) is 24.6. The summed E-state index contributed by atoms with van der Waals surface area (Å²) in [6.45, 7) is 5.75. The number of fused-ring (bicyclic) bond motifs is 4. The molecule has 0 saturated carbocycles. The second kappa shape index (κ2) is 30.0. The second-order valence-corrected chi connectivity index (χ2v) is 21.6. The minimum atomic E-state index is -1.49. The lowest BCUT2D eigenvalue weighted by Crippen LogP contribution is -2.67. The summed E-state index contributed by atoms with van der Waals surface area (Å²) in [5.41, 5.74) is 19.0. The summed E-state index contributed by atoms with van der Waals surface area (Å²) < 4.78 is 80.2. The van der Waals surface area contributed by atoms with E-state index in [0.29, 0.717) is 5.56 Å². The van der Waals surface area contributed by atoms with Crippen molar-refractivity contribution in [3.63, 3.8) is 0 Å². The van der Waals surface area contributed by atoms with Crippen LogP contribution >= 0.6 is 0 Å². The fraction of sp³-hybridized carbons (Fsp3) is 0.333. The molecule has 1 unspecified atom stereocenters. The van der Waals surface area contributed by atoms with Crippen LogP contribution in [0.4, 0.5) is 4.79 Å². The average Bonchev–Trinajstić information content (AvgIpc) is 1.95. The number of ether oxygens (including phenoxy) is 12. The maximum Gasteiger partial charge on any atom is 0.407 e. The van der Waals surface area contributed by atoms with E-state index in [1.807, 2.05) is 200 Å². The van der Waals surface area contributed by atoms with E-state index in [1.54, 1.807) is 6.92 Å². The topological polar surface area (TPSA) is 206 Å². The quantitative estimate of drug-likeness (QED) is 0.0176. The third-order valence-electron chi connectivity index (χ3n) is 15.7. The zero-order valence-corrected chi connectivity index (χ0v) is 48.1. The number of hydrogen-bond acceptors (Lipinski definition) is 15. The minimum absolute atomic E-state index is 0.0219. The van der Waals surface area contributed by atoms with E-state index in [2.05, 4.69) is 21.9 Å². The van der Waals surface area contributed by atoms with Crippen molar-refractivity contribution < 1.29 is 66.4 Å². The molecule has 0 aromatic heterocycles. The smallest absolute Gasteiger partial charge is 0.407 e. The lowest BCUT2D eigenvalue weighted by Gasteiger charge is -2.51. The number of azide groups is 1. The minimum Gasteiger partial charge on any atom is -0.460 e. The monoisotopic (exact) mass is 1180 g/mol. The third-order valence-corrected chi connectivity index (χ3v) is 15.7. The van der Waals surface area contributed by atoms with Crippen molar-refractivity contribution in [2.45, 2.75) is 119 Å². The van der Waals surface area contributed by atoms with Crippen LogP contribution in [-0.4, -0.2) is 112 Å². The van der Waals surface area contributed by atoms with Crippen molar-refractivity contribution in [1.29, 1.82) is 0 Å². The van der Waals surface area contributed by atoms with Crippen molar-refractivity contribution in [3.8, 4) is 11.1 Å². The highest BCUT2D eigenvalue weighted by Gasteiger charge is 2.56. The van der Waals surface area contributed by atoms with Crippen molar-refractivity contribution in [2.24, 2.45) is 5.11 Å². The maximum atomic E-state index is 14.1. The van der Waals surface area contributed by atoms with Crippen molar-refractivity contribution in [3.05, 3.63) is 262 Å². The largest absolute Gasteiger partial charge is 0.460 e. The molecule has 1 N–H and O–H groups in total. The Labute approximate surface area is 505 Å². The van der Waals surface area contributed by atoms with Gasteiger partial charge in [-0.15, -0.1) is 0 Å². The van der Waals surface area contributed by atoms with Gasteiger partial charge in [0, 0.05) is 16.4 Å². The molecule has 7 aromatic carbocycles. The molecule has 0 bridgehead atoms. The number of alkyl carbamates (subject to hydrolysis) is 1. The summed E-state index contributed by atoms with van der Waals surface area (Å²) in [5.74, 6) is -1.12. The first kappa shape index (κ1) is 60.6. The predicted molar refractivity (Wildman–Crippen MR) is 320 cm³/mol. The lowest BCUT2D eigenvalue weighted by atomic mass is 9.94. The zero-order valence-electron chi connectivity index (χ0n) is 48.1. The van der Waals surface area contributed by atoms with Crippen LogP contribution in [0.5, 0.6) is 0 Å². The van der Waals surface area contributed by atoms with Crippen LogP contribution in [0.15, 0.2) is 218 Å². The summed E-state index contributed by atoms with van der Waals surface area (Å²) in [7, 11) is 0. The van der Waals surface area contributed by atoms with Gasteiger partial charge in [0.1, 0.15) is 62.0 Å². The van der Waals surface area contributed by atoms with Gasteiger partial charge in [-0.25, -0.2) is 9.59 Å². The Balaban J connectivity index is 0.926. The Morgan fingerprint density at radius 1 is 0.621 bits per heavy atom. The molecule has 18 heteroatoms. The maximum absolute atomic E-state index is 14.1. The Morgan fingerprint density at radius 2 is 1.15 bits per heavy atom. The molecular weight excluding hydrogens is 1110 g/mol. The van der Waals surface area contributed by atoms with E-state index >= 15 is 0 Å². The Bertz CT molecular complexity index is 3320. The molecule has 0 spiro atoms. The molecule has 3 heterocycles. The van der Waals surface area contributed by atoms with Gasteiger partial charge in [0.05, 0.1) is 45.7 Å². The summed E-state index contributed by atoms with van der Waals surface area (Å²) in [4.78, 5) is 31.4. The lowest BCUT2D eigenvalue weighted by molar-refractivity contribution is -0.385. The third kappa shape index (κ3) is 15.2. The van der Waals surface area contributed by atoms with Crippen molar-refractivity contribution in [1.82, 2.24) is 5.32 Å². The SMILES string of the molecule is C=CCOC(=O)[C@@H](NC(=O)OCC1c2ccccc2-c2ccccc21)[C@@H](C)O[C@H]1O[C@@H]2COC(c3ccccc3)O[C@@H]2[C@H](O[C@@H]2O[C@H](COCc3ccccc3)[C@H](OCc3ccccc3)[C@H](OCc3ccccc3)[C@H]2OCc2ccccc2)[C@H]1N=[N+]=[N-]. The first-order valence-electron chi connectivity index (χ1n) is 29.3. The molecule has 1 amide bonds. The zero-order chi connectivity index (χ0) is 59.7. The summed E-state index contributed by atoms with van der Waals surface area (Å²) in [5, 5.41) is 7.04. The fourth-order valence-electron chi connectivity index (χ4n) is 11.5. The number of carbonyl (C=O) groups excluding carboxylic acids is 2. The number of rotatable bonds is 26. The van der Waals surface area contributed by atoms with E-state index in [4.69, 9.17) is 56.8 Å². The van der Waals surface area contributed by atoms with Gasteiger partial charge in [0.2, 0.25) is 0 Å². The van der Waals surface area contributed by atoms with Crippen LogP contribution in [0, 0.1) is 0 Å². The van der Waals surface area contributed by atoms with Gasteiger partial charge in [0.25, 0.3) is 0 Å². The van der Waals surface area contributed by atoms with Crippen LogP contribution in [-0.2, 0) is 88.1 Å². The van der Waals surface area contributed by atoms with E-state index in [0.717, 1.165) is 44.5 Å². The van der Waals surface area contributed by atoms with E-state index in [9.17, 15) is 15.1 Å². The molecule has 11 rings (SSSR count). The van der Waals surface area contributed by atoms with Gasteiger partial charge in [0.15, 0.2) is 24.9 Å². The van der Waals surface area contributed by atoms with Gasteiger partial charge >= 0.3 is 12.1 Å². The standard InChI is InChI=1S/C69H70N4O14/c1-3-37-77-65(74)58(71-69(75)82-42-55-53-35-21-19-33-51(53)52-34-20-22-36-54(52)55)45(2)83-67-59(72-73-70)62(61-57(84-67)44-81-66(86-61)50-31-17-8-18-32-50)87-68-64(80-41-49-29-15-7-16-30-49)63(79-40-48-27-13-6-14-28-48)60(78-39-47-25-11-5-12-26-47)56(85-68)43-76-38-46-23-9-4-10-24-46/h3-36,45,55-64,66-68H,1,37-44H2,2H3,(H,71,75)/t45-,56-,57-,58+,59-,60+,61+,62-,63+,64-,66?,67+,68+/m1/s1. The molecule has 13 atom stereocenters. The molecule has 87 heavy (non-hydrogen) atoms. The Morgan fingerprint density at radius 3 is 1.72 bits per heavy atom. The van der Waals surface area contributed by atoms with Crippen LogP contribution in [0.2, 0.25) is 0 Å². The van der Waals surface area contributed by atoms with Crippen LogP contribution < -0.4 is 5.32 Å². The van der Waals surface area contributed by atoms with Gasteiger partial charge in [-0.1, -0.05) is 218 Å². The van der Waals surface area contributed by atoms with E-state index in [-0.39, 0.29) is 58.8 Å². The molecule has 4 aliphatic rings. The van der Waals surface area contributed by atoms with Crippen LogP contribution in [0.1, 0.15) is 58.1 Å². The average molecular weight is 1180 g/mol. The highest BCUT2D eigenvalue weighted by Crippen LogP contribution is 2.45. The van der Waals surface area contributed by atoms with Crippen LogP contribution in [0.3, 0.4) is 0 Å². The summed E-state index contributed by atoms with van der Waals surface area (Å²) in [6.07, 6.45) is -11.3.